The van der Waals surface area contributed by atoms with Crippen molar-refractivity contribution in [3.05, 3.63) is 34.1 Å². The molecule has 1 heterocycles. The van der Waals surface area contributed by atoms with Crippen LogP contribution < -0.4 is 5.43 Å². The van der Waals surface area contributed by atoms with Crippen molar-refractivity contribution in [3.8, 4) is 0 Å². The molecular weight excluding hydrogens is 287 g/mol. The maximum Gasteiger partial charge on any atom is 0.268 e. The summed E-state index contributed by atoms with van der Waals surface area (Å²) in [7, 11) is 0. The molecule has 5 heteroatoms. The number of benzene rings is 1. The van der Waals surface area contributed by atoms with Gasteiger partial charge in [-0.2, -0.15) is 0 Å². The van der Waals surface area contributed by atoms with Crippen LogP contribution in [0.5, 0.6) is 0 Å². The molecule has 17 heavy (non-hydrogen) atoms. The van der Waals surface area contributed by atoms with Gasteiger partial charge in [-0.05, 0) is 40.9 Å². The fraction of sp³-hybridized carbons (Fsp3) is 0.417. The van der Waals surface area contributed by atoms with E-state index in [1.165, 1.54) is 12.5 Å². The molecule has 1 aromatic carbocycles. The minimum atomic E-state index is -0.512. The summed E-state index contributed by atoms with van der Waals surface area (Å²) in [5.41, 5.74) is 2.81. The lowest BCUT2D eigenvalue weighted by molar-refractivity contribution is 0.0745. The Kier molecular flexibility index (Phi) is 4.12. The molecular formula is C12H14BrFN2O. The average Bonchev–Trinajstić information content (AvgIpc) is 2.34. The number of hydrogen-bond donors (Lipinski definition) is 1. The van der Waals surface area contributed by atoms with Crippen molar-refractivity contribution in [2.45, 2.75) is 19.3 Å². The lowest BCUT2D eigenvalue weighted by Gasteiger charge is -2.26. The second-order valence-electron chi connectivity index (χ2n) is 4.09. The summed E-state index contributed by atoms with van der Waals surface area (Å²) in [5.74, 6) is -0.896. The SMILES string of the molecule is O=C(NN1CCCCC1)c1cccc(Br)c1F. The van der Waals surface area contributed by atoms with E-state index < -0.39 is 5.82 Å². The highest BCUT2D eigenvalue weighted by Gasteiger charge is 2.17. The Balaban J connectivity index is 2.06. The number of hydrogen-bond acceptors (Lipinski definition) is 2. The van der Waals surface area contributed by atoms with Gasteiger partial charge in [-0.25, -0.2) is 9.40 Å². The van der Waals surface area contributed by atoms with Crippen LogP contribution in [0.2, 0.25) is 0 Å². The summed E-state index contributed by atoms with van der Waals surface area (Å²) in [4.78, 5) is 11.9. The van der Waals surface area contributed by atoms with Gasteiger partial charge in [0.05, 0.1) is 10.0 Å². The lowest BCUT2D eigenvalue weighted by Crippen LogP contribution is -2.45. The Morgan fingerprint density at radius 3 is 2.71 bits per heavy atom. The van der Waals surface area contributed by atoms with Gasteiger partial charge in [0, 0.05) is 13.1 Å². The third-order valence-corrected chi connectivity index (χ3v) is 3.42. The van der Waals surface area contributed by atoms with Gasteiger partial charge in [-0.1, -0.05) is 12.5 Å². The van der Waals surface area contributed by atoms with Crippen molar-refractivity contribution in [2.24, 2.45) is 0 Å². The van der Waals surface area contributed by atoms with Gasteiger partial charge in [0.25, 0.3) is 5.91 Å². The Morgan fingerprint density at radius 2 is 2.00 bits per heavy atom. The third-order valence-electron chi connectivity index (χ3n) is 2.81. The highest BCUT2D eigenvalue weighted by Crippen LogP contribution is 2.18. The number of amides is 1. The number of carbonyl (C=O) groups is 1. The highest BCUT2D eigenvalue weighted by atomic mass is 79.9. The van der Waals surface area contributed by atoms with Crippen molar-refractivity contribution in [1.82, 2.24) is 10.4 Å². The fourth-order valence-corrected chi connectivity index (χ4v) is 2.25. The maximum atomic E-state index is 13.7. The summed E-state index contributed by atoms with van der Waals surface area (Å²) in [5, 5.41) is 1.85. The number of halogens is 2. The first-order chi connectivity index (χ1) is 8.18. The first-order valence-corrected chi connectivity index (χ1v) is 6.48. The summed E-state index contributed by atoms with van der Waals surface area (Å²) >= 11 is 3.07. The van der Waals surface area contributed by atoms with E-state index in [2.05, 4.69) is 21.4 Å². The first-order valence-electron chi connectivity index (χ1n) is 5.68. The second-order valence-corrected chi connectivity index (χ2v) is 4.94. The van der Waals surface area contributed by atoms with Gasteiger partial charge in [0.2, 0.25) is 0 Å². The van der Waals surface area contributed by atoms with Crippen LogP contribution in [0, 0.1) is 5.82 Å². The second kappa shape index (κ2) is 5.60. The third kappa shape index (κ3) is 3.04. The summed E-state index contributed by atoms with van der Waals surface area (Å²) in [6.07, 6.45) is 3.33. The Labute approximate surface area is 108 Å². The Bertz CT molecular complexity index is 419. The van der Waals surface area contributed by atoms with E-state index >= 15 is 0 Å². The van der Waals surface area contributed by atoms with Gasteiger partial charge in [0.15, 0.2) is 0 Å². The van der Waals surface area contributed by atoms with Crippen LogP contribution in [0.1, 0.15) is 29.6 Å². The number of hydrazine groups is 1. The molecule has 0 saturated carbocycles. The molecule has 0 bridgehead atoms. The standard InChI is InChI=1S/C12H14BrFN2O/c13-10-6-4-5-9(11(10)14)12(17)15-16-7-2-1-3-8-16/h4-6H,1-3,7-8H2,(H,15,17). The minimum absolute atomic E-state index is 0.0740. The van der Waals surface area contributed by atoms with Crippen LogP contribution in [0.25, 0.3) is 0 Å². The molecule has 0 atom stereocenters. The van der Waals surface area contributed by atoms with Crippen molar-refractivity contribution < 1.29 is 9.18 Å². The molecule has 1 aromatic rings. The molecule has 1 aliphatic rings. The molecule has 1 aliphatic heterocycles. The van der Waals surface area contributed by atoms with E-state index in [0.29, 0.717) is 4.47 Å². The fourth-order valence-electron chi connectivity index (χ4n) is 1.89. The van der Waals surface area contributed by atoms with E-state index in [0.717, 1.165) is 25.9 Å². The number of nitrogens with zero attached hydrogens (tertiary/aromatic N) is 1. The van der Waals surface area contributed by atoms with Crippen LogP contribution in [0.15, 0.2) is 22.7 Å². The Hall–Kier alpha value is -0.940. The highest BCUT2D eigenvalue weighted by molar-refractivity contribution is 9.10. The molecule has 0 aromatic heterocycles. The largest absolute Gasteiger partial charge is 0.285 e. The van der Waals surface area contributed by atoms with Crippen LogP contribution in [0.4, 0.5) is 4.39 Å². The molecule has 1 amide bonds. The number of nitrogens with one attached hydrogen (secondary N) is 1. The summed E-state index contributed by atoms with van der Waals surface area (Å²) in [6.45, 7) is 1.67. The van der Waals surface area contributed by atoms with Crippen LogP contribution in [-0.4, -0.2) is 24.0 Å². The first kappa shape index (κ1) is 12.5. The average molecular weight is 301 g/mol. The maximum absolute atomic E-state index is 13.7. The smallest absolute Gasteiger partial charge is 0.268 e. The van der Waals surface area contributed by atoms with Gasteiger partial charge in [-0.15, -0.1) is 0 Å². The van der Waals surface area contributed by atoms with Crippen molar-refractivity contribution in [1.29, 1.82) is 0 Å². The number of rotatable bonds is 2. The van der Waals surface area contributed by atoms with Gasteiger partial charge >= 0.3 is 0 Å². The zero-order chi connectivity index (χ0) is 12.3. The monoisotopic (exact) mass is 300 g/mol. The minimum Gasteiger partial charge on any atom is -0.285 e. The van der Waals surface area contributed by atoms with Crippen LogP contribution in [0.3, 0.4) is 0 Å². The molecule has 2 rings (SSSR count). The van der Waals surface area contributed by atoms with Crippen molar-refractivity contribution >= 4 is 21.8 Å². The van der Waals surface area contributed by atoms with Crippen molar-refractivity contribution in [2.75, 3.05) is 13.1 Å². The van der Waals surface area contributed by atoms with Crippen LogP contribution >= 0.6 is 15.9 Å². The van der Waals surface area contributed by atoms with Crippen LogP contribution in [-0.2, 0) is 0 Å². The van der Waals surface area contributed by atoms with Gasteiger partial charge in [0.1, 0.15) is 5.82 Å². The molecule has 0 unspecified atom stereocenters. The van der Waals surface area contributed by atoms with E-state index in [4.69, 9.17) is 0 Å². The molecule has 1 saturated heterocycles. The molecule has 92 valence electrons. The zero-order valence-corrected chi connectivity index (χ0v) is 11.0. The predicted octanol–water partition coefficient (Wildman–Crippen LogP) is 2.72. The van der Waals surface area contributed by atoms with E-state index in [9.17, 15) is 9.18 Å². The van der Waals surface area contributed by atoms with Gasteiger partial charge in [-0.3, -0.25) is 10.2 Å². The predicted molar refractivity (Wildman–Crippen MR) is 67.0 cm³/mol. The summed E-state index contributed by atoms with van der Waals surface area (Å²) in [6, 6.07) is 4.71. The molecule has 3 nitrogen and oxygen atoms in total. The molecule has 0 aliphatic carbocycles. The molecule has 0 radical (unpaired) electrons. The van der Waals surface area contributed by atoms with E-state index in [1.54, 1.807) is 12.1 Å². The van der Waals surface area contributed by atoms with Gasteiger partial charge < -0.3 is 0 Å². The number of carbonyl (C=O) groups excluding carboxylic acids is 1. The van der Waals surface area contributed by atoms with E-state index in [1.807, 2.05) is 5.01 Å². The molecule has 1 fully saturated rings. The van der Waals surface area contributed by atoms with Crippen molar-refractivity contribution in [3.63, 3.8) is 0 Å². The molecule has 0 spiro atoms. The van der Waals surface area contributed by atoms with E-state index in [-0.39, 0.29) is 11.5 Å². The lowest BCUT2D eigenvalue weighted by atomic mass is 10.1. The normalized spacial score (nSPS) is 16.8. The quantitative estimate of drug-likeness (QED) is 0.911. The summed E-state index contributed by atoms with van der Waals surface area (Å²) < 4.78 is 14.0. The zero-order valence-electron chi connectivity index (χ0n) is 9.38. The molecule has 1 N–H and O–H groups in total. The number of piperidine rings is 1. The topological polar surface area (TPSA) is 32.3 Å². The Morgan fingerprint density at radius 1 is 1.29 bits per heavy atom.